The van der Waals surface area contributed by atoms with Crippen LogP contribution in [0, 0.1) is 30.5 Å². The van der Waals surface area contributed by atoms with E-state index >= 15 is 4.39 Å². The number of rotatable bonds is 34. The van der Waals surface area contributed by atoms with Crippen LogP contribution in [0.3, 0.4) is 0 Å². The van der Waals surface area contributed by atoms with Gasteiger partial charge in [0, 0.05) is 54.8 Å². The molecule has 4 heterocycles. The Morgan fingerprint density at radius 2 is 1.64 bits per heavy atom. The number of benzene rings is 3. The zero-order chi connectivity index (χ0) is 66.3. The van der Waals surface area contributed by atoms with Gasteiger partial charge in [-0.3, -0.25) is 28.9 Å². The fourth-order valence-corrected chi connectivity index (χ4v) is 10.9. The van der Waals surface area contributed by atoms with Gasteiger partial charge < -0.3 is 71.6 Å². The highest BCUT2D eigenvalue weighted by Gasteiger charge is 2.30. The van der Waals surface area contributed by atoms with Gasteiger partial charge in [-0.05, 0) is 111 Å². The van der Waals surface area contributed by atoms with Crippen molar-refractivity contribution in [2.45, 2.75) is 90.5 Å². The molecule has 0 saturated carbocycles. The molecular formula is C62H72FN13O14S2. The van der Waals surface area contributed by atoms with Gasteiger partial charge in [0.15, 0.2) is 39.2 Å². The molecule has 0 bridgehead atoms. The standard InChI is InChI=1S/C62H72FN13O14S2/c1-37(2)53(69-50(79)25-31-88-32-29-76-51(80)23-24-52(76)81)57(83)67-45(14-7-26-65-59(64)86)56(82)66-41-20-17-40(18-21-41)36-90-62(87)74(4)27-8-11-39-19-22-46(43(63)34-39)89-30-10-16-48-54(58(84)85)70-61(92-48)75(28-9-12-42(78)35-77)49-33-38(3)55(73-72-49)71-60-68-44-13-5-6-15-47(44)91-60/h5-6,13,15,17-24,33-34,37,42,45,53,77-78H,7,9-10,12,14,16,25-32,35-36H2,1-4H3,(H,66,82)(H,67,83)(H,69,79)(H,84,85)(H3,64,65,86)(H,68,71,73)/t42?,45-,53-/m0/s1. The quantitative estimate of drug-likeness (QED) is 0.0133. The zero-order valence-electron chi connectivity index (χ0n) is 50.9. The number of nitrogens with one attached hydrogen (secondary N) is 5. The minimum absolute atomic E-state index is 0.0105. The summed E-state index contributed by atoms with van der Waals surface area (Å²) in [6.07, 6.45) is 2.07. The Labute approximate surface area is 536 Å². The molecule has 3 aromatic carbocycles. The van der Waals surface area contributed by atoms with Crippen molar-refractivity contribution in [3.63, 3.8) is 0 Å². The summed E-state index contributed by atoms with van der Waals surface area (Å²) in [5.74, 6) is 1.49. The number of fused-ring (bicyclic) bond motifs is 1. The minimum Gasteiger partial charge on any atom is -0.491 e. The van der Waals surface area contributed by atoms with Crippen LogP contribution in [0.25, 0.3) is 10.2 Å². The average molecular weight is 1310 g/mol. The molecule has 8 amide bonds. The molecule has 0 aliphatic carbocycles. The molecule has 10 N–H and O–H groups in total. The molecule has 7 rings (SSSR count). The highest BCUT2D eigenvalue weighted by atomic mass is 32.1. The first kappa shape index (κ1) is 69.8. The van der Waals surface area contributed by atoms with E-state index in [2.05, 4.69) is 58.6 Å². The third-order valence-electron chi connectivity index (χ3n) is 13.9. The molecule has 1 unspecified atom stereocenters. The normalized spacial score (nSPS) is 12.8. The number of thiazole rings is 2. The predicted octanol–water partition coefficient (Wildman–Crippen LogP) is 5.68. The number of amides is 8. The summed E-state index contributed by atoms with van der Waals surface area (Å²) in [6, 6.07) is 17.1. The Balaban J connectivity index is 0.856. The third kappa shape index (κ3) is 21.0. The topological polar surface area (TPSA) is 372 Å². The molecule has 0 radical (unpaired) electrons. The summed E-state index contributed by atoms with van der Waals surface area (Å²) < 4.78 is 32.9. The van der Waals surface area contributed by atoms with E-state index in [1.165, 1.54) is 35.4 Å². The number of carboxylic acids is 1. The van der Waals surface area contributed by atoms with Gasteiger partial charge >= 0.3 is 18.1 Å². The van der Waals surface area contributed by atoms with Gasteiger partial charge in [-0.2, -0.15) is 0 Å². The molecule has 488 valence electrons. The summed E-state index contributed by atoms with van der Waals surface area (Å²) >= 11 is 2.62. The van der Waals surface area contributed by atoms with Crippen LogP contribution in [0.1, 0.15) is 84.4 Å². The van der Waals surface area contributed by atoms with Gasteiger partial charge in [0.1, 0.15) is 18.7 Å². The molecule has 0 fully saturated rings. The Morgan fingerprint density at radius 3 is 2.34 bits per heavy atom. The predicted molar refractivity (Wildman–Crippen MR) is 340 cm³/mol. The molecule has 27 nitrogen and oxygen atoms in total. The summed E-state index contributed by atoms with van der Waals surface area (Å²) in [7, 11) is 1.47. The first-order chi connectivity index (χ1) is 44.1. The van der Waals surface area contributed by atoms with Crippen LogP contribution in [-0.4, -0.2) is 171 Å². The van der Waals surface area contributed by atoms with E-state index in [1.54, 1.807) is 55.1 Å². The maximum absolute atomic E-state index is 15.3. The van der Waals surface area contributed by atoms with Crippen LogP contribution in [0.15, 0.2) is 84.9 Å². The summed E-state index contributed by atoms with van der Waals surface area (Å²) in [5, 5.41) is 53.4. The van der Waals surface area contributed by atoms with Crippen molar-refractivity contribution >= 4 is 108 Å². The van der Waals surface area contributed by atoms with Crippen molar-refractivity contribution in [3.05, 3.63) is 118 Å². The number of ether oxygens (including phenoxy) is 3. The lowest BCUT2D eigenvalue weighted by atomic mass is 10.0. The molecule has 3 atom stereocenters. The van der Waals surface area contributed by atoms with Gasteiger partial charge in [0.2, 0.25) is 17.7 Å². The lowest BCUT2D eigenvalue weighted by molar-refractivity contribution is -0.138. The number of carbonyl (C=O) groups is 8. The van der Waals surface area contributed by atoms with Gasteiger partial charge in [0.05, 0.1) is 55.8 Å². The Morgan fingerprint density at radius 1 is 0.880 bits per heavy atom. The number of para-hydroxylation sites is 1. The Kier molecular flexibility index (Phi) is 26.2. The Bertz CT molecular complexity index is 3640. The van der Waals surface area contributed by atoms with Crippen LogP contribution in [-0.2, 0) is 46.5 Å². The number of halogens is 1. The van der Waals surface area contributed by atoms with Crippen molar-refractivity contribution < 1.29 is 72.3 Å². The van der Waals surface area contributed by atoms with Crippen molar-refractivity contribution in [2.24, 2.45) is 11.7 Å². The van der Waals surface area contributed by atoms with E-state index in [-0.39, 0.29) is 96.2 Å². The number of primary amides is 1. The summed E-state index contributed by atoms with van der Waals surface area (Å²) in [6.45, 7) is 5.04. The number of aromatic nitrogens is 4. The fraction of sp³-hybridized carbons (Fsp3) is 0.387. The maximum atomic E-state index is 15.3. The number of hydrogen-bond acceptors (Lipinski definition) is 21. The maximum Gasteiger partial charge on any atom is 0.410 e. The number of nitrogens with two attached hydrogens (primary N) is 1. The number of urea groups is 1. The number of imide groups is 1. The first-order valence-corrected chi connectivity index (χ1v) is 31.0. The number of carboxylic acid groups (broad SMARTS) is 1. The smallest absolute Gasteiger partial charge is 0.410 e. The molecule has 1 aliphatic rings. The van der Waals surface area contributed by atoms with Crippen LogP contribution < -0.4 is 42.0 Å². The van der Waals surface area contributed by atoms with Crippen LogP contribution >= 0.6 is 22.7 Å². The molecule has 3 aromatic heterocycles. The van der Waals surface area contributed by atoms with Gasteiger partial charge in [-0.15, -0.1) is 21.5 Å². The highest BCUT2D eigenvalue weighted by Crippen LogP contribution is 2.35. The van der Waals surface area contributed by atoms with E-state index in [1.807, 2.05) is 31.2 Å². The SMILES string of the molecule is Cc1cc(N(CCCC(O)CO)c2nc(C(=O)O)c(CCCOc3ccc(C#CCN(C)C(=O)OCc4ccc(NC(=O)[C@H](CCCNC(N)=O)NC(=O)[C@@H](NC(=O)CCOCCN5C(=O)C=CC5=O)C(C)C)cc4)cc3F)s2)nnc1Nc1nc2ccccc2s1. The number of carbonyl (C=O) groups excluding carboxylic acids is 7. The molecule has 30 heteroatoms. The van der Waals surface area contributed by atoms with Crippen LogP contribution in [0.2, 0.25) is 0 Å². The molecule has 1 aliphatic heterocycles. The van der Waals surface area contributed by atoms with Crippen molar-refractivity contribution in [2.75, 3.05) is 75.2 Å². The highest BCUT2D eigenvalue weighted by molar-refractivity contribution is 7.22. The third-order valence-corrected chi connectivity index (χ3v) is 16.0. The van der Waals surface area contributed by atoms with E-state index in [0.29, 0.717) is 56.4 Å². The number of aliphatic hydroxyl groups excluding tert-OH is 2. The van der Waals surface area contributed by atoms with E-state index in [9.17, 15) is 53.7 Å². The monoisotopic (exact) mass is 1310 g/mol. The lowest BCUT2D eigenvalue weighted by Crippen LogP contribution is -2.54. The number of aliphatic hydroxyl groups is 2. The average Bonchev–Trinajstić information content (AvgIpc) is 1.84. The van der Waals surface area contributed by atoms with E-state index in [0.717, 1.165) is 44.2 Å². The summed E-state index contributed by atoms with van der Waals surface area (Å²) in [5.41, 5.74) is 7.83. The van der Waals surface area contributed by atoms with Gasteiger partial charge in [0.25, 0.3) is 11.8 Å². The fourth-order valence-electron chi connectivity index (χ4n) is 8.94. The summed E-state index contributed by atoms with van der Waals surface area (Å²) in [4.78, 5) is 114. The number of aromatic carboxylic acids is 1. The van der Waals surface area contributed by atoms with Crippen molar-refractivity contribution in [3.8, 4) is 17.6 Å². The molecule has 0 saturated heterocycles. The van der Waals surface area contributed by atoms with Gasteiger partial charge in [-0.25, -0.2) is 28.7 Å². The van der Waals surface area contributed by atoms with E-state index in [4.69, 9.17) is 19.9 Å². The zero-order valence-corrected chi connectivity index (χ0v) is 52.6. The van der Waals surface area contributed by atoms with Crippen LogP contribution in [0.5, 0.6) is 5.75 Å². The number of nitrogens with zero attached hydrogens (tertiary/aromatic N) is 7. The molecular weight excluding hydrogens is 1230 g/mol. The number of hydrogen-bond donors (Lipinski definition) is 9. The van der Waals surface area contributed by atoms with Crippen LogP contribution in [0.4, 0.5) is 41.6 Å². The number of aryl methyl sites for hydroxylation is 2. The lowest BCUT2D eigenvalue weighted by Gasteiger charge is -2.25. The van der Waals surface area contributed by atoms with Crippen molar-refractivity contribution in [1.29, 1.82) is 0 Å². The first-order valence-electron chi connectivity index (χ1n) is 29.4. The molecule has 92 heavy (non-hydrogen) atoms. The minimum atomic E-state index is -1.24. The van der Waals surface area contributed by atoms with Gasteiger partial charge in [-0.1, -0.05) is 61.3 Å². The molecule has 0 spiro atoms. The second-order valence-electron chi connectivity index (χ2n) is 21.4. The van der Waals surface area contributed by atoms with E-state index < -0.39 is 84.2 Å². The second kappa shape index (κ2) is 34.5. The molecule has 6 aromatic rings. The Hall–Kier alpha value is -9.67. The second-order valence-corrected chi connectivity index (χ2v) is 23.4. The largest absolute Gasteiger partial charge is 0.491 e. The number of anilines is 5. The van der Waals surface area contributed by atoms with Crippen molar-refractivity contribution in [1.82, 2.24) is 45.9 Å².